The zero-order chi connectivity index (χ0) is 21.5. The largest absolute Gasteiger partial charge is 0.458 e. The Balaban J connectivity index is 1.50. The summed E-state index contributed by atoms with van der Waals surface area (Å²) in [5, 5.41) is 11.7. The first-order chi connectivity index (χ1) is 14.3. The molecule has 2 aliphatic carbocycles. The molecular weight excluding hydrogens is 374 g/mol. The number of benzene rings is 1. The second-order valence-electron chi connectivity index (χ2n) is 9.89. The number of carbonyl (C=O) groups excluding carboxylic acids is 1. The third kappa shape index (κ3) is 4.09. The Bertz CT molecular complexity index is 818. The third-order valence-corrected chi connectivity index (χ3v) is 7.81. The number of hydrogen-bond donors (Lipinski definition) is 1. The van der Waals surface area contributed by atoms with Gasteiger partial charge >= 0.3 is 5.97 Å². The number of rotatable bonds is 4. The number of aliphatic hydroxyl groups is 1. The van der Waals surface area contributed by atoms with Crippen LogP contribution in [0.25, 0.3) is 0 Å². The second-order valence-corrected chi connectivity index (χ2v) is 9.89. The van der Waals surface area contributed by atoms with Crippen molar-refractivity contribution < 1.29 is 14.6 Å². The standard InChI is InChI=1S/C26H36NO3/c1-17-13-24-23(10-9-19(3)26(24,29)14-25(17)30-20(4)28)18(2)15-27-12-11-21-7-5-6-8-22(21)16-27/h5-8,13-14,18-19,23-25,29H,9-12,15-16H2,1-4H3/t18?,19-,23+,24-,25-,26-/m1/s1. The van der Waals surface area contributed by atoms with E-state index in [1.54, 1.807) is 0 Å². The zero-order valence-corrected chi connectivity index (χ0v) is 18.8. The fourth-order valence-corrected chi connectivity index (χ4v) is 6.01. The molecule has 0 amide bonds. The predicted molar refractivity (Wildman–Crippen MR) is 119 cm³/mol. The number of carbonyl (C=O) groups is 1. The van der Waals surface area contributed by atoms with E-state index in [1.807, 2.05) is 13.3 Å². The molecule has 1 aromatic carbocycles. The molecule has 1 N–H and O–H groups in total. The molecule has 4 nitrogen and oxygen atoms in total. The summed E-state index contributed by atoms with van der Waals surface area (Å²) in [5.74, 6) is 0.857. The molecule has 1 heterocycles. The number of hydrogen-bond acceptors (Lipinski definition) is 4. The Labute approximate surface area is 181 Å². The lowest BCUT2D eigenvalue weighted by Gasteiger charge is -2.53. The number of ether oxygens (including phenoxy) is 1. The number of esters is 1. The molecule has 163 valence electrons. The Kier molecular flexibility index (Phi) is 6.09. The van der Waals surface area contributed by atoms with Crippen molar-refractivity contribution in [1.29, 1.82) is 0 Å². The Hall–Kier alpha value is -1.65. The molecule has 3 aliphatic rings. The van der Waals surface area contributed by atoms with Crippen molar-refractivity contribution in [3.05, 3.63) is 53.5 Å². The van der Waals surface area contributed by atoms with Gasteiger partial charge in [0.15, 0.2) is 0 Å². The summed E-state index contributed by atoms with van der Waals surface area (Å²) in [6.07, 6.45) is 6.95. The molecule has 0 spiro atoms. The molecule has 1 fully saturated rings. The molecule has 6 atom stereocenters. The van der Waals surface area contributed by atoms with Crippen molar-refractivity contribution in [1.82, 2.24) is 4.90 Å². The van der Waals surface area contributed by atoms with Crippen LogP contribution >= 0.6 is 0 Å². The van der Waals surface area contributed by atoms with Gasteiger partial charge in [-0.15, -0.1) is 0 Å². The van der Waals surface area contributed by atoms with Crippen molar-refractivity contribution in [2.45, 2.75) is 65.2 Å². The molecule has 0 aromatic heterocycles. The maximum absolute atomic E-state index is 11.7. The Morgan fingerprint density at radius 1 is 1.30 bits per heavy atom. The molecule has 1 radical (unpaired) electrons. The van der Waals surface area contributed by atoms with Gasteiger partial charge in [-0.2, -0.15) is 0 Å². The maximum Gasteiger partial charge on any atom is 0.303 e. The van der Waals surface area contributed by atoms with Crippen molar-refractivity contribution in [3.8, 4) is 0 Å². The van der Waals surface area contributed by atoms with E-state index < -0.39 is 11.7 Å². The minimum Gasteiger partial charge on any atom is -0.458 e. The Morgan fingerprint density at radius 3 is 2.77 bits per heavy atom. The van der Waals surface area contributed by atoms with E-state index in [9.17, 15) is 9.90 Å². The van der Waals surface area contributed by atoms with Crippen molar-refractivity contribution in [3.63, 3.8) is 0 Å². The van der Waals surface area contributed by atoms with Gasteiger partial charge in [0.05, 0.1) is 5.60 Å². The van der Waals surface area contributed by atoms with E-state index in [-0.39, 0.29) is 17.8 Å². The van der Waals surface area contributed by atoms with Crippen LogP contribution in [0.2, 0.25) is 0 Å². The lowest BCUT2D eigenvalue weighted by Crippen LogP contribution is -2.56. The topological polar surface area (TPSA) is 49.8 Å². The normalized spacial score (nSPS) is 35.0. The highest BCUT2D eigenvalue weighted by Gasteiger charge is 2.53. The lowest BCUT2D eigenvalue weighted by molar-refractivity contribution is -0.148. The van der Waals surface area contributed by atoms with Gasteiger partial charge in [-0.3, -0.25) is 9.69 Å². The maximum atomic E-state index is 11.7. The van der Waals surface area contributed by atoms with E-state index in [2.05, 4.69) is 49.1 Å². The molecular formula is C26H36NO3. The van der Waals surface area contributed by atoms with Crippen LogP contribution in [0, 0.1) is 30.1 Å². The number of fused-ring (bicyclic) bond motifs is 2. The summed E-state index contributed by atoms with van der Waals surface area (Å²) < 4.78 is 5.49. The first-order valence-corrected chi connectivity index (χ1v) is 11.5. The first-order valence-electron chi connectivity index (χ1n) is 11.5. The van der Waals surface area contributed by atoms with E-state index in [0.717, 1.165) is 44.5 Å². The summed E-state index contributed by atoms with van der Waals surface area (Å²) in [4.78, 5) is 14.1. The molecule has 4 heteroatoms. The van der Waals surface area contributed by atoms with Gasteiger partial charge in [0.1, 0.15) is 6.10 Å². The Morgan fingerprint density at radius 2 is 2.03 bits per heavy atom. The smallest absolute Gasteiger partial charge is 0.303 e. The quantitative estimate of drug-likeness (QED) is 0.598. The van der Waals surface area contributed by atoms with Crippen LogP contribution in [0.5, 0.6) is 0 Å². The second kappa shape index (κ2) is 8.47. The van der Waals surface area contributed by atoms with Crippen LogP contribution in [0.15, 0.2) is 35.9 Å². The molecule has 1 unspecified atom stereocenters. The van der Waals surface area contributed by atoms with Crippen LogP contribution in [0.1, 0.15) is 51.7 Å². The average Bonchev–Trinajstić information content (AvgIpc) is 2.70. The highest BCUT2D eigenvalue weighted by atomic mass is 16.5. The molecule has 0 bridgehead atoms. The van der Waals surface area contributed by atoms with Gasteiger partial charge < -0.3 is 9.84 Å². The highest BCUT2D eigenvalue weighted by molar-refractivity contribution is 5.66. The SMILES string of the molecule is CC(=O)O[C@@H]1[CH][C@@]2(O)[C@H](C)CC[C@@H](C(C)CN3CCc4ccccc4C3)[C@H]2C=C1C. The van der Waals surface area contributed by atoms with Crippen LogP contribution in [0.4, 0.5) is 0 Å². The molecule has 1 aromatic rings. The minimum absolute atomic E-state index is 0.0835. The molecule has 1 saturated carbocycles. The zero-order valence-electron chi connectivity index (χ0n) is 18.8. The minimum atomic E-state index is -0.911. The van der Waals surface area contributed by atoms with E-state index >= 15 is 0 Å². The van der Waals surface area contributed by atoms with Gasteiger partial charge in [0, 0.05) is 38.9 Å². The lowest BCUT2D eigenvalue weighted by atomic mass is 9.57. The molecule has 0 saturated heterocycles. The van der Waals surface area contributed by atoms with Gasteiger partial charge in [-0.05, 0) is 60.6 Å². The fraction of sp³-hybridized carbons (Fsp3) is 0.615. The summed E-state index contributed by atoms with van der Waals surface area (Å²) in [5.41, 5.74) is 3.07. The van der Waals surface area contributed by atoms with Crippen molar-refractivity contribution in [2.24, 2.45) is 23.7 Å². The predicted octanol–water partition coefficient (Wildman–Crippen LogP) is 4.17. The molecule has 4 rings (SSSR count). The van der Waals surface area contributed by atoms with Crippen molar-refractivity contribution in [2.75, 3.05) is 13.1 Å². The third-order valence-electron chi connectivity index (χ3n) is 7.81. The van der Waals surface area contributed by atoms with E-state index in [0.29, 0.717) is 11.8 Å². The molecule has 1 aliphatic heterocycles. The van der Waals surface area contributed by atoms with Crippen molar-refractivity contribution >= 4 is 5.97 Å². The van der Waals surface area contributed by atoms with Crippen LogP contribution in [-0.2, 0) is 22.5 Å². The molecule has 30 heavy (non-hydrogen) atoms. The summed E-state index contributed by atoms with van der Waals surface area (Å²) in [6, 6.07) is 8.78. The van der Waals surface area contributed by atoms with Crippen LogP contribution in [-0.4, -0.2) is 40.8 Å². The summed E-state index contributed by atoms with van der Waals surface area (Å²) in [7, 11) is 0. The van der Waals surface area contributed by atoms with E-state index in [4.69, 9.17) is 4.74 Å². The van der Waals surface area contributed by atoms with Gasteiger partial charge in [0.2, 0.25) is 0 Å². The summed E-state index contributed by atoms with van der Waals surface area (Å²) in [6.45, 7) is 11.1. The van der Waals surface area contributed by atoms with Crippen LogP contribution < -0.4 is 0 Å². The highest BCUT2D eigenvalue weighted by Crippen LogP contribution is 2.51. The van der Waals surface area contributed by atoms with Gasteiger partial charge in [-0.25, -0.2) is 0 Å². The first kappa shape index (κ1) is 21.6. The average molecular weight is 411 g/mol. The fourth-order valence-electron chi connectivity index (χ4n) is 6.01. The van der Waals surface area contributed by atoms with Crippen LogP contribution in [0.3, 0.4) is 0 Å². The number of nitrogens with zero attached hydrogens (tertiary/aromatic N) is 1. The van der Waals surface area contributed by atoms with Gasteiger partial charge in [-0.1, -0.05) is 44.2 Å². The summed E-state index contributed by atoms with van der Waals surface area (Å²) >= 11 is 0. The monoisotopic (exact) mass is 410 g/mol. The van der Waals surface area contributed by atoms with Gasteiger partial charge in [0.25, 0.3) is 0 Å². The van der Waals surface area contributed by atoms with E-state index in [1.165, 1.54) is 18.1 Å².